The van der Waals surface area contributed by atoms with Crippen molar-refractivity contribution in [3.63, 3.8) is 0 Å². The van der Waals surface area contributed by atoms with Crippen LogP contribution in [0.2, 0.25) is 0 Å². The topological polar surface area (TPSA) is 55.3 Å². The average molecular weight is 269 g/mol. The van der Waals surface area contributed by atoms with E-state index in [9.17, 15) is 4.79 Å². The molecule has 1 aliphatic heterocycles. The number of ether oxygens (including phenoxy) is 1. The predicted octanol–water partition coefficient (Wildman–Crippen LogP) is 2.50. The minimum Gasteiger partial charge on any atom is -0.424 e. The minimum atomic E-state index is 0.0573. The first-order valence-corrected chi connectivity index (χ1v) is 6.67. The van der Waals surface area contributed by atoms with E-state index in [0.29, 0.717) is 11.3 Å². The van der Waals surface area contributed by atoms with Gasteiger partial charge in [0.05, 0.1) is 0 Å². The van der Waals surface area contributed by atoms with E-state index in [1.54, 1.807) is 36.7 Å². The maximum Gasteiger partial charge on any atom is 0.321 e. The zero-order chi connectivity index (χ0) is 13.8. The number of benzene rings is 1. The van der Waals surface area contributed by atoms with E-state index >= 15 is 0 Å². The lowest BCUT2D eigenvalue weighted by Gasteiger charge is -2.15. The van der Waals surface area contributed by atoms with Crippen LogP contribution in [-0.2, 0) is 0 Å². The molecule has 1 saturated heterocycles. The van der Waals surface area contributed by atoms with Gasteiger partial charge in [0.25, 0.3) is 5.91 Å². The van der Waals surface area contributed by atoms with Crippen LogP contribution in [0.3, 0.4) is 0 Å². The second-order valence-electron chi connectivity index (χ2n) is 4.66. The molecule has 2 heterocycles. The fourth-order valence-corrected chi connectivity index (χ4v) is 2.24. The highest BCUT2D eigenvalue weighted by molar-refractivity contribution is 5.94. The van der Waals surface area contributed by atoms with Crippen LogP contribution < -0.4 is 4.74 Å². The van der Waals surface area contributed by atoms with E-state index in [1.165, 1.54) is 0 Å². The van der Waals surface area contributed by atoms with Crippen molar-refractivity contribution >= 4 is 5.91 Å². The van der Waals surface area contributed by atoms with Gasteiger partial charge < -0.3 is 9.64 Å². The smallest absolute Gasteiger partial charge is 0.321 e. The molecule has 0 spiro atoms. The summed E-state index contributed by atoms with van der Waals surface area (Å²) in [4.78, 5) is 22.2. The first-order chi connectivity index (χ1) is 9.83. The molecule has 2 aromatic rings. The minimum absolute atomic E-state index is 0.0573. The van der Waals surface area contributed by atoms with Crippen molar-refractivity contribution in [2.24, 2.45) is 0 Å². The Morgan fingerprint density at radius 2 is 1.85 bits per heavy atom. The Balaban J connectivity index is 1.77. The highest BCUT2D eigenvalue weighted by Gasteiger charge is 2.19. The van der Waals surface area contributed by atoms with Crippen molar-refractivity contribution in [2.45, 2.75) is 12.8 Å². The third-order valence-electron chi connectivity index (χ3n) is 3.23. The van der Waals surface area contributed by atoms with Gasteiger partial charge in [-0.2, -0.15) is 0 Å². The van der Waals surface area contributed by atoms with Crippen LogP contribution in [0.25, 0.3) is 0 Å². The van der Waals surface area contributed by atoms with Crippen LogP contribution in [-0.4, -0.2) is 33.9 Å². The molecule has 0 radical (unpaired) electrons. The summed E-state index contributed by atoms with van der Waals surface area (Å²) >= 11 is 0. The summed E-state index contributed by atoms with van der Waals surface area (Å²) in [5.41, 5.74) is 0.639. The molecular weight excluding hydrogens is 254 g/mol. The Hall–Kier alpha value is -2.43. The monoisotopic (exact) mass is 269 g/mol. The lowest BCUT2D eigenvalue weighted by molar-refractivity contribution is 0.0792. The Labute approximate surface area is 117 Å². The maximum atomic E-state index is 12.3. The Bertz CT molecular complexity index is 595. The van der Waals surface area contributed by atoms with E-state index in [1.807, 2.05) is 11.0 Å². The molecule has 1 aromatic carbocycles. The van der Waals surface area contributed by atoms with Gasteiger partial charge in [-0.3, -0.25) is 4.79 Å². The third-order valence-corrected chi connectivity index (χ3v) is 3.23. The van der Waals surface area contributed by atoms with E-state index in [4.69, 9.17) is 4.74 Å². The molecule has 5 nitrogen and oxygen atoms in total. The molecule has 0 aliphatic carbocycles. The normalized spacial score (nSPS) is 14.3. The first-order valence-electron chi connectivity index (χ1n) is 6.67. The molecule has 5 heteroatoms. The second kappa shape index (κ2) is 5.69. The summed E-state index contributed by atoms with van der Waals surface area (Å²) in [5.74, 6) is 0.628. The number of carbonyl (C=O) groups excluding carboxylic acids is 1. The zero-order valence-electron chi connectivity index (χ0n) is 11.0. The molecule has 0 saturated carbocycles. The molecule has 3 rings (SSSR count). The first kappa shape index (κ1) is 12.6. The maximum absolute atomic E-state index is 12.3. The molecular formula is C15H15N3O2. The number of carbonyl (C=O) groups is 1. The zero-order valence-corrected chi connectivity index (χ0v) is 11.0. The van der Waals surface area contributed by atoms with E-state index in [-0.39, 0.29) is 11.9 Å². The molecule has 0 N–H and O–H groups in total. The van der Waals surface area contributed by atoms with Crippen molar-refractivity contribution in [1.29, 1.82) is 0 Å². The van der Waals surface area contributed by atoms with Crippen molar-refractivity contribution in [3.05, 3.63) is 48.3 Å². The summed E-state index contributed by atoms with van der Waals surface area (Å²) in [6, 6.07) is 9.13. The molecule has 102 valence electrons. The third kappa shape index (κ3) is 2.77. The van der Waals surface area contributed by atoms with Crippen molar-refractivity contribution < 1.29 is 9.53 Å². The van der Waals surface area contributed by atoms with E-state index < -0.39 is 0 Å². The fraction of sp³-hybridized carbons (Fsp3) is 0.267. The Morgan fingerprint density at radius 3 is 2.60 bits per heavy atom. The van der Waals surface area contributed by atoms with E-state index in [0.717, 1.165) is 25.9 Å². The highest BCUT2D eigenvalue weighted by atomic mass is 16.5. The fourth-order valence-electron chi connectivity index (χ4n) is 2.24. The second-order valence-corrected chi connectivity index (χ2v) is 4.66. The summed E-state index contributed by atoms with van der Waals surface area (Å²) < 4.78 is 5.54. The molecule has 1 amide bonds. The summed E-state index contributed by atoms with van der Waals surface area (Å²) in [5, 5.41) is 0. The Kier molecular flexibility index (Phi) is 3.58. The molecule has 0 bridgehead atoms. The van der Waals surface area contributed by atoms with Crippen LogP contribution in [0.4, 0.5) is 0 Å². The van der Waals surface area contributed by atoms with Crippen LogP contribution in [0.1, 0.15) is 23.2 Å². The van der Waals surface area contributed by atoms with Gasteiger partial charge in [-0.05, 0) is 37.1 Å². The van der Waals surface area contributed by atoms with Gasteiger partial charge in [-0.25, -0.2) is 9.97 Å². The molecule has 1 fully saturated rings. The Morgan fingerprint density at radius 1 is 1.10 bits per heavy atom. The predicted molar refractivity (Wildman–Crippen MR) is 73.7 cm³/mol. The molecule has 0 atom stereocenters. The lowest BCUT2D eigenvalue weighted by Crippen LogP contribution is -2.27. The van der Waals surface area contributed by atoms with Crippen LogP contribution >= 0.6 is 0 Å². The number of hydrogen-bond acceptors (Lipinski definition) is 4. The van der Waals surface area contributed by atoms with Gasteiger partial charge in [0.15, 0.2) is 0 Å². The molecule has 1 aromatic heterocycles. The van der Waals surface area contributed by atoms with Gasteiger partial charge in [0.1, 0.15) is 5.75 Å². The molecule has 0 unspecified atom stereocenters. The van der Waals surface area contributed by atoms with Crippen LogP contribution in [0.5, 0.6) is 11.8 Å². The number of hydrogen-bond donors (Lipinski definition) is 0. The standard InChI is InChI=1S/C15H15N3O2/c19-14(18-9-1-2-10-18)12-5-3-6-13(11-12)20-15-16-7-4-8-17-15/h3-8,11H,1-2,9-10H2. The van der Waals surface area contributed by atoms with Crippen molar-refractivity contribution in [1.82, 2.24) is 14.9 Å². The van der Waals surface area contributed by atoms with Gasteiger partial charge in [-0.15, -0.1) is 0 Å². The SMILES string of the molecule is O=C(c1cccc(Oc2ncccn2)c1)N1CCCC1. The molecule has 20 heavy (non-hydrogen) atoms. The van der Waals surface area contributed by atoms with E-state index in [2.05, 4.69) is 9.97 Å². The van der Waals surface area contributed by atoms with Crippen molar-refractivity contribution in [3.8, 4) is 11.8 Å². The number of amides is 1. The van der Waals surface area contributed by atoms with Gasteiger partial charge in [0, 0.05) is 31.0 Å². The number of likely N-dealkylation sites (tertiary alicyclic amines) is 1. The quantitative estimate of drug-likeness (QED) is 0.859. The number of rotatable bonds is 3. The van der Waals surface area contributed by atoms with Crippen molar-refractivity contribution in [2.75, 3.05) is 13.1 Å². The van der Waals surface area contributed by atoms with Crippen LogP contribution in [0.15, 0.2) is 42.7 Å². The van der Waals surface area contributed by atoms with Gasteiger partial charge >= 0.3 is 6.01 Å². The van der Waals surface area contributed by atoms with Gasteiger partial charge in [0.2, 0.25) is 0 Å². The van der Waals surface area contributed by atoms with Crippen LogP contribution in [0, 0.1) is 0 Å². The summed E-state index contributed by atoms with van der Waals surface area (Å²) in [6.07, 6.45) is 5.39. The number of nitrogens with zero attached hydrogens (tertiary/aromatic N) is 3. The van der Waals surface area contributed by atoms with Gasteiger partial charge in [-0.1, -0.05) is 6.07 Å². The molecule has 1 aliphatic rings. The summed E-state index contributed by atoms with van der Waals surface area (Å²) in [7, 11) is 0. The highest BCUT2D eigenvalue weighted by Crippen LogP contribution is 2.20. The average Bonchev–Trinajstić information content (AvgIpc) is 3.02. The number of aromatic nitrogens is 2. The lowest BCUT2D eigenvalue weighted by atomic mass is 10.2. The largest absolute Gasteiger partial charge is 0.424 e. The summed E-state index contributed by atoms with van der Waals surface area (Å²) in [6.45, 7) is 1.68.